The lowest BCUT2D eigenvalue weighted by molar-refractivity contribution is -0.124. The standard InChI is InChI=1S/C22H25F2N3O/c1-25-22(28)21-13-17(26-14-18-19(23)10-5-11-20(18)24)15-27(21)12-6-9-16-7-3-2-4-8-16/h2-11,17,21,26H,12-15H2,1H3,(H,25,28)/t17-,21-/m0/s1. The molecular weight excluding hydrogens is 360 g/mol. The van der Waals surface area contributed by atoms with Gasteiger partial charge in [-0.05, 0) is 24.1 Å². The number of nitrogens with zero attached hydrogens (tertiary/aromatic N) is 1. The molecule has 148 valence electrons. The van der Waals surface area contributed by atoms with Crippen molar-refractivity contribution in [2.45, 2.75) is 25.0 Å². The first kappa shape index (κ1) is 20.2. The number of rotatable bonds is 7. The van der Waals surface area contributed by atoms with E-state index in [4.69, 9.17) is 0 Å². The fraction of sp³-hybridized carbons (Fsp3) is 0.318. The number of amides is 1. The number of hydrogen-bond donors (Lipinski definition) is 2. The molecule has 0 aliphatic carbocycles. The van der Waals surface area contributed by atoms with Crippen LogP contribution in [-0.4, -0.2) is 43.0 Å². The lowest BCUT2D eigenvalue weighted by Crippen LogP contribution is -2.41. The molecule has 0 unspecified atom stereocenters. The van der Waals surface area contributed by atoms with Crippen LogP contribution in [0.5, 0.6) is 0 Å². The highest BCUT2D eigenvalue weighted by atomic mass is 19.1. The number of carbonyl (C=O) groups excluding carboxylic acids is 1. The first-order valence-electron chi connectivity index (χ1n) is 9.42. The second-order valence-corrected chi connectivity index (χ2v) is 6.91. The molecular formula is C22H25F2N3O. The van der Waals surface area contributed by atoms with Gasteiger partial charge in [-0.2, -0.15) is 0 Å². The van der Waals surface area contributed by atoms with Gasteiger partial charge in [-0.3, -0.25) is 9.69 Å². The first-order valence-corrected chi connectivity index (χ1v) is 9.42. The Morgan fingerprint density at radius 1 is 1.14 bits per heavy atom. The second-order valence-electron chi connectivity index (χ2n) is 6.91. The van der Waals surface area contributed by atoms with Crippen molar-refractivity contribution in [2.24, 2.45) is 0 Å². The van der Waals surface area contributed by atoms with Crippen molar-refractivity contribution in [3.8, 4) is 0 Å². The molecule has 1 aliphatic heterocycles. The summed E-state index contributed by atoms with van der Waals surface area (Å²) >= 11 is 0. The second kappa shape index (κ2) is 9.57. The molecule has 28 heavy (non-hydrogen) atoms. The van der Waals surface area contributed by atoms with Gasteiger partial charge in [0.25, 0.3) is 0 Å². The van der Waals surface area contributed by atoms with Gasteiger partial charge in [0, 0.05) is 38.3 Å². The third-order valence-corrected chi connectivity index (χ3v) is 5.03. The van der Waals surface area contributed by atoms with E-state index in [1.54, 1.807) is 7.05 Å². The molecule has 1 aliphatic rings. The Hall–Kier alpha value is -2.57. The Morgan fingerprint density at radius 3 is 2.54 bits per heavy atom. The number of halogens is 2. The van der Waals surface area contributed by atoms with E-state index in [-0.39, 0.29) is 30.1 Å². The topological polar surface area (TPSA) is 44.4 Å². The quantitative estimate of drug-likeness (QED) is 0.770. The Kier molecular flexibility index (Phi) is 6.90. The third kappa shape index (κ3) is 5.03. The van der Waals surface area contributed by atoms with Crippen LogP contribution in [0.2, 0.25) is 0 Å². The van der Waals surface area contributed by atoms with E-state index in [0.717, 1.165) is 5.56 Å². The van der Waals surface area contributed by atoms with Crippen LogP contribution in [0.15, 0.2) is 54.6 Å². The minimum atomic E-state index is -0.559. The van der Waals surface area contributed by atoms with Crippen LogP contribution >= 0.6 is 0 Å². The van der Waals surface area contributed by atoms with Crippen LogP contribution in [0, 0.1) is 11.6 Å². The van der Waals surface area contributed by atoms with Gasteiger partial charge in [-0.1, -0.05) is 48.6 Å². The molecule has 0 bridgehead atoms. The van der Waals surface area contributed by atoms with Gasteiger partial charge in [-0.25, -0.2) is 8.78 Å². The van der Waals surface area contributed by atoms with E-state index in [0.29, 0.717) is 19.5 Å². The number of likely N-dealkylation sites (N-methyl/N-ethyl adjacent to an activating group) is 1. The Bertz CT molecular complexity index is 806. The average Bonchev–Trinajstić information content (AvgIpc) is 3.11. The predicted octanol–water partition coefficient (Wildman–Crippen LogP) is 2.96. The third-order valence-electron chi connectivity index (χ3n) is 5.03. The van der Waals surface area contributed by atoms with E-state index >= 15 is 0 Å². The number of carbonyl (C=O) groups is 1. The monoisotopic (exact) mass is 385 g/mol. The van der Waals surface area contributed by atoms with Crippen molar-refractivity contribution >= 4 is 12.0 Å². The normalized spacial score (nSPS) is 20.0. The molecule has 1 amide bonds. The molecule has 0 saturated carbocycles. The minimum Gasteiger partial charge on any atom is -0.358 e. The molecule has 4 nitrogen and oxygen atoms in total. The van der Waals surface area contributed by atoms with E-state index in [9.17, 15) is 13.6 Å². The van der Waals surface area contributed by atoms with Gasteiger partial charge in [0.05, 0.1) is 6.04 Å². The summed E-state index contributed by atoms with van der Waals surface area (Å²) in [6, 6.07) is 13.5. The van der Waals surface area contributed by atoms with Gasteiger partial charge in [0.15, 0.2) is 0 Å². The highest BCUT2D eigenvalue weighted by molar-refractivity contribution is 5.82. The smallest absolute Gasteiger partial charge is 0.237 e. The largest absolute Gasteiger partial charge is 0.358 e. The van der Waals surface area contributed by atoms with Crippen LogP contribution in [0.4, 0.5) is 8.78 Å². The molecule has 2 aromatic carbocycles. The summed E-state index contributed by atoms with van der Waals surface area (Å²) in [6.07, 6.45) is 4.65. The molecule has 2 atom stereocenters. The summed E-state index contributed by atoms with van der Waals surface area (Å²) in [5.74, 6) is -1.17. The maximum atomic E-state index is 13.8. The highest BCUT2D eigenvalue weighted by Gasteiger charge is 2.35. The van der Waals surface area contributed by atoms with Gasteiger partial charge >= 0.3 is 0 Å². The van der Waals surface area contributed by atoms with Crippen LogP contribution in [0.3, 0.4) is 0 Å². The Labute approximate surface area is 164 Å². The molecule has 0 aromatic heterocycles. The zero-order valence-electron chi connectivity index (χ0n) is 15.9. The number of likely N-dealkylation sites (tertiary alicyclic amines) is 1. The van der Waals surface area contributed by atoms with E-state index in [2.05, 4.69) is 15.5 Å². The maximum Gasteiger partial charge on any atom is 0.237 e. The van der Waals surface area contributed by atoms with Gasteiger partial charge in [0.1, 0.15) is 11.6 Å². The summed E-state index contributed by atoms with van der Waals surface area (Å²) in [5, 5.41) is 5.91. The molecule has 3 rings (SSSR count). The van der Waals surface area contributed by atoms with Crippen molar-refractivity contribution in [3.05, 3.63) is 77.4 Å². The van der Waals surface area contributed by atoms with E-state index < -0.39 is 11.6 Å². The average molecular weight is 385 g/mol. The molecule has 2 N–H and O–H groups in total. The predicted molar refractivity (Wildman–Crippen MR) is 107 cm³/mol. The molecule has 1 fully saturated rings. The SMILES string of the molecule is CNC(=O)[C@@H]1C[C@H](NCc2c(F)cccc2F)CN1CC=Cc1ccccc1. The number of nitrogens with one attached hydrogen (secondary N) is 2. The van der Waals surface area contributed by atoms with Gasteiger partial charge < -0.3 is 10.6 Å². The molecule has 1 saturated heterocycles. The van der Waals surface area contributed by atoms with Gasteiger partial charge in [-0.15, -0.1) is 0 Å². The van der Waals surface area contributed by atoms with Crippen LogP contribution in [0.25, 0.3) is 6.08 Å². The Balaban J connectivity index is 1.62. The number of hydrogen-bond acceptors (Lipinski definition) is 3. The molecule has 6 heteroatoms. The molecule has 0 spiro atoms. The molecule has 2 aromatic rings. The fourth-order valence-corrected chi connectivity index (χ4v) is 3.53. The Morgan fingerprint density at radius 2 is 1.86 bits per heavy atom. The van der Waals surface area contributed by atoms with Crippen molar-refractivity contribution < 1.29 is 13.6 Å². The highest BCUT2D eigenvalue weighted by Crippen LogP contribution is 2.20. The fourth-order valence-electron chi connectivity index (χ4n) is 3.53. The van der Waals surface area contributed by atoms with E-state index in [1.807, 2.05) is 42.5 Å². The summed E-state index contributed by atoms with van der Waals surface area (Å²) in [6.45, 7) is 1.35. The van der Waals surface area contributed by atoms with Crippen LogP contribution in [-0.2, 0) is 11.3 Å². The zero-order chi connectivity index (χ0) is 19.9. The minimum absolute atomic E-state index is 0.0218. The van der Waals surface area contributed by atoms with Crippen molar-refractivity contribution in [1.29, 1.82) is 0 Å². The van der Waals surface area contributed by atoms with Crippen molar-refractivity contribution in [1.82, 2.24) is 15.5 Å². The zero-order valence-corrected chi connectivity index (χ0v) is 15.9. The lowest BCUT2D eigenvalue weighted by Gasteiger charge is -2.21. The lowest BCUT2D eigenvalue weighted by atomic mass is 10.1. The van der Waals surface area contributed by atoms with Gasteiger partial charge in [0.2, 0.25) is 5.91 Å². The summed E-state index contributed by atoms with van der Waals surface area (Å²) in [4.78, 5) is 14.3. The summed E-state index contributed by atoms with van der Waals surface area (Å²) in [5.41, 5.74) is 1.13. The van der Waals surface area contributed by atoms with E-state index in [1.165, 1.54) is 18.2 Å². The summed E-state index contributed by atoms with van der Waals surface area (Å²) in [7, 11) is 1.62. The molecule has 0 radical (unpaired) electrons. The molecule has 1 heterocycles. The van der Waals surface area contributed by atoms with Crippen molar-refractivity contribution in [3.63, 3.8) is 0 Å². The summed E-state index contributed by atoms with van der Waals surface area (Å²) < 4.78 is 27.6. The van der Waals surface area contributed by atoms with Crippen molar-refractivity contribution in [2.75, 3.05) is 20.1 Å². The van der Waals surface area contributed by atoms with Crippen LogP contribution < -0.4 is 10.6 Å². The first-order chi connectivity index (χ1) is 13.6. The number of benzene rings is 2. The maximum absolute atomic E-state index is 13.8. The van der Waals surface area contributed by atoms with Crippen LogP contribution in [0.1, 0.15) is 17.5 Å².